The third kappa shape index (κ3) is 4.26. The summed E-state index contributed by atoms with van der Waals surface area (Å²) in [5, 5.41) is 4.71. The third-order valence-electron chi connectivity index (χ3n) is 5.66. The van der Waals surface area contributed by atoms with Crippen LogP contribution in [0.1, 0.15) is 16.8 Å². The average molecular weight is 472 g/mol. The van der Waals surface area contributed by atoms with Gasteiger partial charge >= 0.3 is 6.18 Å². The monoisotopic (exact) mass is 472 g/mol. The maximum atomic E-state index is 13.4. The number of hydrogen-bond acceptors (Lipinski definition) is 3. The van der Waals surface area contributed by atoms with Crippen molar-refractivity contribution in [3.05, 3.63) is 118 Å². The van der Waals surface area contributed by atoms with Crippen molar-refractivity contribution in [2.75, 3.05) is 0 Å². The van der Waals surface area contributed by atoms with Gasteiger partial charge in [0.2, 0.25) is 0 Å². The van der Waals surface area contributed by atoms with Gasteiger partial charge in [-0.3, -0.25) is 4.79 Å². The van der Waals surface area contributed by atoms with Gasteiger partial charge in [0.05, 0.1) is 28.4 Å². The molecular formula is C27H19F3N4O. The Morgan fingerprint density at radius 1 is 0.914 bits per heavy atom. The Bertz CT molecular complexity index is 1630. The predicted molar refractivity (Wildman–Crippen MR) is 130 cm³/mol. The standard InChI is InChI=1S/C27H19F3N4O/c1-18-8-2-5-14-24(18)33-15-7-11-21(33)17-31-34-25(19-9-6-10-20(16-19)27(28,29)30)32-23-13-4-3-12-22(23)26(34)35/h2-17H,1H3. The van der Waals surface area contributed by atoms with Crippen LogP contribution in [0.25, 0.3) is 28.0 Å². The van der Waals surface area contributed by atoms with Gasteiger partial charge in [-0.15, -0.1) is 0 Å². The molecule has 0 radical (unpaired) electrons. The fraction of sp³-hybridized carbons (Fsp3) is 0.0741. The number of fused-ring (bicyclic) bond motifs is 1. The van der Waals surface area contributed by atoms with Crippen LogP contribution in [-0.2, 0) is 6.18 Å². The molecule has 0 saturated carbocycles. The van der Waals surface area contributed by atoms with Crippen molar-refractivity contribution in [1.29, 1.82) is 0 Å². The van der Waals surface area contributed by atoms with E-state index in [2.05, 4.69) is 10.1 Å². The van der Waals surface area contributed by atoms with E-state index >= 15 is 0 Å². The largest absolute Gasteiger partial charge is 0.416 e. The molecule has 0 atom stereocenters. The Morgan fingerprint density at radius 3 is 2.49 bits per heavy atom. The summed E-state index contributed by atoms with van der Waals surface area (Å²) in [7, 11) is 0. The molecule has 174 valence electrons. The molecule has 2 aromatic heterocycles. The number of para-hydroxylation sites is 2. The zero-order valence-corrected chi connectivity index (χ0v) is 18.6. The Morgan fingerprint density at radius 2 is 1.69 bits per heavy atom. The van der Waals surface area contributed by atoms with E-state index in [0.29, 0.717) is 16.6 Å². The van der Waals surface area contributed by atoms with Crippen molar-refractivity contribution in [3.8, 4) is 17.1 Å². The number of hydrogen-bond donors (Lipinski definition) is 0. The third-order valence-corrected chi connectivity index (χ3v) is 5.66. The van der Waals surface area contributed by atoms with Gasteiger partial charge in [0.1, 0.15) is 0 Å². The Labute approximate surface area is 198 Å². The summed E-state index contributed by atoms with van der Waals surface area (Å²) in [4.78, 5) is 17.9. The number of alkyl halides is 3. The van der Waals surface area contributed by atoms with Crippen LogP contribution in [0.2, 0.25) is 0 Å². The van der Waals surface area contributed by atoms with E-state index in [0.717, 1.165) is 28.1 Å². The Balaban J connectivity index is 1.69. The zero-order valence-electron chi connectivity index (χ0n) is 18.6. The fourth-order valence-electron chi connectivity index (χ4n) is 3.92. The van der Waals surface area contributed by atoms with Crippen LogP contribution in [0.4, 0.5) is 13.2 Å². The molecule has 0 aliphatic rings. The minimum Gasteiger partial charge on any atom is -0.315 e. The zero-order chi connectivity index (χ0) is 24.6. The van der Waals surface area contributed by atoms with Crippen molar-refractivity contribution in [3.63, 3.8) is 0 Å². The SMILES string of the molecule is Cc1ccccc1-n1cccc1C=Nn1c(-c2cccc(C(F)(F)F)c2)nc2ccccc2c1=O. The van der Waals surface area contributed by atoms with E-state index in [1.54, 1.807) is 24.3 Å². The fourth-order valence-corrected chi connectivity index (χ4v) is 3.92. The van der Waals surface area contributed by atoms with Crippen LogP contribution in [-0.4, -0.2) is 20.4 Å². The summed E-state index contributed by atoms with van der Waals surface area (Å²) >= 11 is 0. The van der Waals surface area contributed by atoms with Crippen LogP contribution in [0.5, 0.6) is 0 Å². The first-order valence-corrected chi connectivity index (χ1v) is 10.8. The first kappa shape index (κ1) is 22.3. The number of rotatable bonds is 4. The number of aromatic nitrogens is 3. The molecule has 35 heavy (non-hydrogen) atoms. The molecule has 0 saturated heterocycles. The topological polar surface area (TPSA) is 52.2 Å². The van der Waals surface area contributed by atoms with Gasteiger partial charge in [-0.05, 0) is 55.0 Å². The van der Waals surface area contributed by atoms with Crippen LogP contribution in [0.3, 0.4) is 0 Å². The first-order chi connectivity index (χ1) is 16.8. The molecule has 0 aliphatic carbocycles. The maximum Gasteiger partial charge on any atom is 0.416 e. The summed E-state index contributed by atoms with van der Waals surface area (Å²) in [6.45, 7) is 1.99. The second-order valence-corrected chi connectivity index (χ2v) is 7.98. The lowest BCUT2D eigenvalue weighted by atomic mass is 10.1. The molecule has 0 amide bonds. The number of nitrogens with zero attached hydrogens (tertiary/aromatic N) is 4. The highest BCUT2D eigenvalue weighted by Gasteiger charge is 2.31. The van der Waals surface area contributed by atoms with Gasteiger partial charge in [-0.1, -0.05) is 42.5 Å². The molecule has 0 spiro atoms. The van der Waals surface area contributed by atoms with Crippen LogP contribution in [0.15, 0.2) is 101 Å². The van der Waals surface area contributed by atoms with E-state index in [9.17, 15) is 18.0 Å². The normalized spacial score (nSPS) is 12.0. The molecule has 5 nitrogen and oxygen atoms in total. The van der Waals surface area contributed by atoms with E-state index in [1.807, 2.05) is 54.1 Å². The minimum atomic E-state index is -4.53. The maximum absolute atomic E-state index is 13.4. The number of halogens is 3. The molecule has 5 aromatic rings. The Hall–Kier alpha value is -4.46. The van der Waals surface area contributed by atoms with Gasteiger partial charge in [0, 0.05) is 17.4 Å². The van der Waals surface area contributed by atoms with Crippen LogP contribution < -0.4 is 5.56 Å². The lowest BCUT2D eigenvalue weighted by molar-refractivity contribution is -0.137. The van der Waals surface area contributed by atoms with Crippen LogP contribution in [0, 0.1) is 6.92 Å². The number of aryl methyl sites for hydroxylation is 1. The molecule has 0 N–H and O–H groups in total. The lowest BCUT2D eigenvalue weighted by Gasteiger charge is -2.12. The molecule has 0 aliphatic heterocycles. The quantitative estimate of drug-likeness (QED) is 0.299. The smallest absolute Gasteiger partial charge is 0.315 e. The Kier molecular flexibility index (Phi) is 5.56. The molecule has 2 heterocycles. The number of benzene rings is 3. The highest BCUT2D eigenvalue weighted by Crippen LogP contribution is 2.32. The molecule has 3 aromatic carbocycles. The molecular weight excluding hydrogens is 453 g/mol. The van der Waals surface area contributed by atoms with Crippen molar-refractivity contribution in [2.45, 2.75) is 13.1 Å². The van der Waals surface area contributed by atoms with Crippen molar-refractivity contribution in [1.82, 2.24) is 14.2 Å². The summed E-state index contributed by atoms with van der Waals surface area (Å²) in [5.41, 5.74) is 1.88. The average Bonchev–Trinajstić information content (AvgIpc) is 3.31. The summed E-state index contributed by atoms with van der Waals surface area (Å²) in [6.07, 6.45) is -1.16. The first-order valence-electron chi connectivity index (χ1n) is 10.8. The van der Waals surface area contributed by atoms with E-state index in [1.165, 1.54) is 18.3 Å². The van der Waals surface area contributed by atoms with Gasteiger partial charge < -0.3 is 4.57 Å². The second-order valence-electron chi connectivity index (χ2n) is 7.98. The summed E-state index contributed by atoms with van der Waals surface area (Å²) < 4.78 is 43.1. The highest BCUT2D eigenvalue weighted by molar-refractivity contribution is 5.81. The minimum absolute atomic E-state index is 0.0186. The van der Waals surface area contributed by atoms with Gasteiger partial charge in [-0.25, -0.2) is 4.98 Å². The predicted octanol–water partition coefficient (Wildman–Crippen LogP) is 6.06. The molecule has 8 heteroatoms. The van der Waals surface area contributed by atoms with Crippen molar-refractivity contribution >= 4 is 17.1 Å². The summed E-state index contributed by atoms with van der Waals surface area (Å²) in [6, 6.07) is 22.9. The van der Waals surface area contributed by atoms with Crippen molar-refractivity contribution < 1.29 is 13.2 Å². The van der Waals surface area contributed by atoms with Gasteiger partial charge in [-0.2, -0.15) is 22.9 Å². The van der Waals surface area contributed by atoms with Gasteiger partial charge in [0.15, 0.2) is 5.82 Å². The molecule has 0 unspecified atom stereocenters. The van der Waals surface area contributed by atoms with E-state index in [4.69, 9.17) is 0 Å². The highest BCUT2D eigenvalue weighted by atomic mass is 19.4. The lowest BCUT2D eigenvalue weighted by Crippen LogP contribution is -2.20. The molecule has 5 rings (SSSR count). The van der Waals surface area contributed by atoms with Crippen molar-refractivity contribution in [2.24, 2.45) is 5.10 Å². The van der Waals surface area contributed by atoms with Crippen LogP contribution >= 0.6 is 0 Å². The summed E-state index contributed by atoms with van der Waals surface area (Å²) in [5.74, 6) is 0.0186. The van der Waals surface area contributed by atoms with Gasteiger partial charge in [0.25, 0.3) is 5.56 Å². The second kappa shape index (κ2) is 8.72. The van der Waals surface area contributed by atoms with E-state index < -0.39 is 17.3 Å². The van der Waals surface area contributed by atoms with E-state index in [-0.39, 0.29) is 11.4 Å². The molecule has 0 fully saturated rings. The molecule has 0 bridgehead atoms.